The van der Waals surface area contributed by atoms with Crippen LogP contribution in [-0.2, 0) is 0 Å². The standard InChI is InChI=1S/C45H36N4/c46-30-40(32-13-3-1-4-14-32)45-39-18-8-7-17-38(39)43(44(49-45)34-15-5-2-6-16-34)33-23-21-31(22-24-33)35-27-36(41-19-9-11-25-47-41)29-37(28-35)42-20-10-12-26-48-42/h1-3,5-13,15-25,27-30,46,48-49H,4,14,26H2/b45-40+,46-30?. The van der Waals surface area contributed by atoms with Gasteiger partial charge in [-0.05, 0) is 88.2 Å². The van der Waals surface area contributed by atoms with E-state index >= 15 is 0 Å². The monoisotopic (exact) mass is 632 g/mol. The third-order valence-corrected chi connectivity index (χ3v) is 9.32. The summed E-state index contributed by atoms with van der Waals surface area (Å²) in [6.45, 7) is 0.810. The Bertz CT molecular complexity index is 2230. The van der Waals surface area contributed by atoms with Crippen molar-refractivity contribution in [3.8, 4) is 22.4 Å². The van der Waals surface area contributed by atoms with Crippen LogP contribution in [0.5, 0.6) is 0 Å². The minimum absolute atomic E-state index is 0.810. The van der Waals surface area contributed by atoms with Gasteiger partial charge in [0.25, 0.3) is 0 Å². The maximum absolute atomic E-state index is 8.50. The number of rotatable bonds is 7. The molecule has 4 heteroatoms. The van der Waals surface area contributed by atoms with Crippen molar-refractivity contribution < 1.29 is 0 Å². The number of fused-ring (bicyclic) bond motifs is 1. The van der Waals surface area contributed by atoms with Crippen LogP contribution in [0.2, 0.25) is 0 Å². The summed E-state index contributed by atoms with van der Waals surface area (Å²) in [5, 5.41) is 15.9. The Labute approximate surface area is 287 Å². The van der Waals surface area contributed by atoms with Gasteiger partial charge in [0, 0.05) is 46.9 Å². The van der Waals surface area contributed by atoms with Gasteiger partial charge in [0.05, 0.1) is 17.1 Å². The van der Waals surface area contributed by atoms with E-state index in [0.717, 1.165) is 97.8 Å². The number of aromatic nitrogens is 1. The van der Waals surface area contributed by atoms with Crippen LogP contribution >= 0.6 is 0 Å². The van der Waals surface area contributed by atoms with Gasteiger partial charge in [-0.3, -0.25) is 4.98 Å². The van der Waals surface area contributed by atoms with E-state index in [9.17, 15) is 0 Å². The zero-order valence-corrected chi connectivity index (χ0v) is 27.2. The highest BCUT2D eigenvalue weighted by molar-refractivity contribution is 6.09. The summed E-state index contributed by atoms with van der Waals surface area (Å²) in [6, 6.07) is 40.8. The summed E-state index contributed by atoms with van der Waals surface area (Å²) >= 11 is 0. The summed E-state index contributed by atoms with van der Waals surface area (Å²) in [4.78, 5) is 4.67. The molecule has 0 radical (unpaired) electrons. The highest BCUT2D eigenvalue weighted by Crippen LogP contribution is 2.42. The molecule has 3 heterocycles. The third-order valence-electron chi connectivity index (χ3n) is 9.32. The second kappa shape index (κ2) is 13.5. The molecule has 5 aromatic rings. The fraction of sp³-hybridized carbons (Fsp3) is 0.0667. The minimum atomic E-state index is 0.810. The van der Waals surface area contributed by atoms with Crippen molar-refractivity contribution >= 4 is 28.9 Å². The summed E-state index contributed by atoms with van der Waals surface area (Å²) in [5.74, 6) is 0. The zero-order chi connectivity index (χ0) is 33.0. The van der Waals surface area contributed by atoms with Crippen LogP contribution in [0, 0.1) is 5.41 Å². The summed E-state index contributed by atoms with van der Waals surface area (Å²) in [7, 11) is 0. The fourth-order valence-corrected chi connectivity index (χ4v) is 6.91. The molecule has 0 bridgehead atoms. The SMILES string of the molecule is N=C/C(C1=CC=CCC1)=C1\NC(c2ccccc2)=C(c2ccc(-c3cc(C4=CC=CCN4)cc(-c4ccccn4)c3)cc2)c2ccccc21. The molecule has 8 rings (SSSR count). The molecule has 2 aliphatic heterocycles. The molecular weight excluding hydrogens is 597 g/mol. The summed E-state index contributed by atoms with van der Waals surface area (Å²) in [5.41, 5.74) is 16.3. The molecule has 0 amide bonds. The lowest BCUT2D eigenvalue weighted by Gasteiger charge is -2.30. The molecule has 236 valence electrons. The van der Waals surface area contributed by atoms with Gasteiger partial charge in [-0.1, -0.05) is 115 Å². The Balaban J connectivity index is 1.27. The molecule has 0 saturated carbocycles. The Morgan fingerprint density at radius 3 is 2.12 bits per heavy atom. The number of hydrogen-bond donors (Lipinski definition) is 3. The molecule has 4 aromatic carbocycles. The lowest BCUT2D eigenvalue weighted by molar-refractivity contribution is 0.979. The predicted octanol–water partition coefficient (Wildman–Crippen LogP) is 10.1. The highest BCUT2D eigenvalue weighted by Gasteiger charge is 2.27. The van der Waals surface area contributed by atoms with Gasteiger partial charge in [0.15, 0.2) is 0 Å². The maximum atomic E-state index is 8.50. The first-order valence-corrected chi connectivity index (χ1v) is 16.8. The average molecular weight is 633 g/mol. The van der Waals surface area contributed by atoms with Gasteiger partial charge in [-0.25, -0.2) is 0 Å². The van der Waals surface area contributed by atoms with Crippen LogP contribution < -0.4 is 10.6 Å². The van der Waals surface area contributed by atoms with E-state index in [4.69, 9.17) is 5.41 Å². The first kappa shape index (κ1) is 30.1. The van der Waals surface area contributed by atoms with Gasteiger partial charge in [0.2, 0.25) is 0 Å². The Kier molecular flexibility index (Phi) is 8.27. The van der Waals surface area contributed by atoms with Gasteiger partial charge < -0.3 is 16.0 Å². The lowest BCUT2D eigenvalue weighted by atomic mass is 9.83. The molecule has 0 atom stereocenters. The van der Waals surface area contributed by atoms with E-state index < -0.39 is 0 Å². The molecule has 4 nitrogen and oxygen atoms in total. The van der Waals surface area contributed by atoms with Crippen molar-refractivity contribution in [3.05, 3.63) is 197 Å². The molecule has 3 N–H and O–H groups in total. The largest absolute Gasteiger partial charge is 0.381 e. The van der Waals surface area contributed by atoms with Crippen LogP contribution in [0.25, 0.3) is 45.0 Å². The number of nitrogens with one attached hydrogen (secondary N) is 3. The first-order chi connectivity index (χ1) is 24.3. The third kappa shape index (κ3) is 6.01. The molecule has 49 heavy (non-hydrogen) atoms. The van der Waals surface area contributed by atoms with Crippen LogP contribution in [0.4, 0.5) is 0 Å². The van der Waals surface area contributed by atoms with Crippen molar-refractivity contribution in [2.45, 2.75) is 12.8 Å². The Morgan fingerprint density at radius 1 is 0.653 bits per heavy atom. The topological polar surface area (TPSA) is 60.8 Å². The van der Waals surface area contributed by atoms with E-state index in [2.05, 4.69) is 155 Å². The van der Waals surface area contributed by atoms with Crippen molar-refractivity contribution in [2.24, 2.45) is 0 Å². The number of hydrogen-bond acceptors (Lipinski definition) is 4. The summed E-state index contributed by atoms with van der Waals surface area (Å²) < 4.78 is 0. The fourth-order valence-electron chi connectivity index (χ4n) is 6.91. The molecule has 0 saturated heterocycles. The van der Waals surface area contributed by atoms with E-state index in [0.29, 0.717) is 0 Å². The minimum Gasteiger partial charge on any atom is -0.381 e. The Hall–Kier alpha value is -6.26. The summed E-state index contributed by atoms with van der Waals surface area (Å²) in [6.07, 6.45) is 18.1. The van der Waals surface area contributed by atoms with Gasteiger partial charge in [-0.15, -0.1) is 0 Å². The molecule has 3 aliphatic rings. The van der Waals surface area contributed by atoms with E-state index in [1.165, 1.54) is 11.8 Å². The molecule has 1 aliphatic carbocycles. The number of allylic oxidation sites excluding steroid dienone is 7. The molecule has 0 spiro atoms. The average Bonchev–Trinajstić information content (AvgIpc) is 3.19. The number of nitrogens with zero attached hydrogens (tertiary/aromatic N) is 1. The first-order valence-electron chi connectivity index (χ1n) is 16.8. The number of pyridine rings is 1. The Morgan fingerprint density at radius 2 is 1.39 bits per heavy atom. The predicted molar refractivity (Wildman–Crippen MR) is 204 cm³/mol. The molecule has 1 aromatic heterocycles. The normalized spacial score (nSPS) is 16.2. The van der Waals surface area contributed by atoms with Gasteiger partial charge in [0.1, 0.15) is 0 Å². The second-order valence-electron chi connectivity index (χ2n) is 12.4. The zero-order valence-electron chi connectivity index (χ0n) is 27.2. The molecule has 0 fully saturated rings. The second-order valence-corrected chi connectivity index (χ2v) is 12.4. The van der Waals surface area contributed by atoms with Crippen LogP contribution in [0.3, 0.4) is 0 Å². The van der Waals surface area contributed by atoms with Gasteiger partial charge >= 0.3 is 0 Å². The van der Waals surface area contributed by atoms with Crippen LogP contribution in [0.1, 0.15) is 40.7 Å². The molecular formula is C45H36N4. The van der Waals surface area contributed by atoms with Crippen molar-refractivity contribution in [3.63, 3.8) is 0 Å². The van der Waals surface area contributed by atoms with E-state index in [1.54, 1.807) is 0 Å². The smallest absolute Gasteiger partial charge is 0.0702 e. The molecule has 0 unspecified atom stereocenters. The van der Waals surface area contributed by atoms with Crippen molar-refractivity contribution in [2.75, 3.05) is 6.54 Å². The quantitative estimate of drug-likeness (QED) is 0.157. The van der Waals surface area contributed by atoms with E-state index in [1.807, 2.05) is 18.3 Å². The maximum Gasteiger partial charge on any atom is 0.0702 e. The van der Waals surface area contributed by atoms with E-state index in [-0.39, 0.29) is 0 Å². The van der Waals surface area contributed by atoms with Crippen LogP contribution in [0.15, 0.2) is 169 Å². The number of benzene rings is 4. The van der Waals surface area contributed by atoms with Crippen molar-refractivity contribution in [1.82, 2.24) is 15.6 Å². The van der Waals surface area contributed by atoms with Crippen LogP contribution in [-0.4, -0.2) is 17.7 Å². The lowest BCUT2D eigenvalue weighted by Crippen LogP contribution is -2.22. The van der Waals surface area contributed by atoms with Gasteiger partial charge in [-0.2, -0.15) is 0 Å². The highest BCUT2D eigenvalue weighted by atomic mass is 14.9. The number of dihydropyridines is 1. The van der Waals surface area contributed by atoms with Crippen molar-refractivity contribution in [1.29, 1.82) is 5.41 Å².